The van der Waals surface area contributed by atoms with E-state index in [9.17, 15) is 0 Å². The van der Waals surface area contributed by atoms with Crippen molar-refractivity contribution in [3.05, 3.63) is 27.7 Å². The molecule has 19 heavy (non-hydrogen) atoms. The van der Waals surface area contributed by atoms with Crippen molar-refractivity contribution in [3.8, 4) is 0 Å². The standard InChI is InChI=1S/C16H23BrN2/c1-12-9-14(10-13(2)15(12)17)19-8-7-18-16(11-19)5-3-4-6-16/h9-10,18H,3-8,11H2,1-2H3. The Hall–Kier alpha value is -0.540. The summed E-state index contributed by atoms with van der Waals surface area (Å²) in [5.41, 5.74) is 4.47. The normalized spacial score (nSPS) is 22.2. The van der Waals surface area contributed by atoms with Gasteiger partial charge >= 0.3 is 0 Å². The fraction of sp³-hybridized carbons (Fsp3) is 0.625. The summed E-state index contributed by atoms with van der Waals surface area (Å²) in [5, 5.41) is 3.78. The van der Waals surface area contributed by atoms with Gasteiger partial charge in [-0.1, -0.05) is 28.8 Å². The molecule has 1 aromatic rings. The molecule has 1 aliphatic heterocycles. The first-order valence-electron chi connectivity index (χ1n) is 7.36. The number of nitrogens with zero attached hydrogens (tertiary/aromatic N) is 1. The molecule has 3 rings (SSSR count). The van der Waals surface area contributed by atoms with E-state index in [0.29, 0.717) is 5.54 Å². The molecular weight excluding hydrogens is 300 g/mol. The van der Waals surface area contributed by atoms with Crippen molar-refractivity contribution in [1.82, 2.24) is 5.32 Å². The lowest BCUT2D eigenvalue weighted by Crippen LogP contribution is -2.59. The highest BCUT2D eigenvalue weighted by molar-refractivity contribution is 9.10. The van der Waals surface area contributed by atoms with Gasteiger partial charge in [-0.2, -0.15) is 0 Å². The van der Waals surface area contributed by atoms with E-state index in [1.165, 1.54) is 53.5 Å². The third-order valence-electron chi connectivity index (χ3n) is 4.72. The number of piperazine rings is 1. The SMILES string of the molecule is Cc1cc(N2CCNC3(CCCC3)C2)cc(C)c1Br. The maximum atomic E-state index is 3.78. The van der Waals surface area contributed by atoms with Gasteiger partial charge in [-0.15, -0.1) is 0 Å². The quantitative estimate of drug-likeness (QED) is 0.846. The Morgan fingerprint density at radius 1 is 1.16 bits per heavy atom. The molecule has 0 amide bonds. The number of hydrogen-bond donors (Lipinski definition) is 1. The summed E-state index contributed by atoms with van der Waals surface area (Å²) >= 11 is 3.67. The third-order valence-corrected chi connectivity index (χ3v) is 5.97. The minimum Gasteiger partial charge on any atom is -0.368 e. The maximum Gasteiger partial charge on any atom is 0.0373 e. The number of rotatable bonds is 1. The van der Waals surface area contributed by atoms with Gasteiger partial charge in [0.1, 0.15) is 0 Å². The first-order chi connectivity index (χ1) is 9.10. The Kier molecular flexibility index (Phi) is 3.61. The molecule has 1 N–H and O–H groups in total. The van der Waals surface area contributed by atoms with E-state index in [-0.39, 0.29) is 0 Å². The van der Waals surface area contributed by atoms with Crippen LogP contribution in [0.2, 0.25) is 0 Å². The van der Waals surface area contributed by atoms with Crippen molar-refractivity contribution in [2.75, 3.05) is 24.5 Å². The smallest absolute Gasteiger partial charge is 0.0373 e. The predicted molar refractivity (Wildman–Crippen MR) is 85.0 cm³/mol. The van der Waals surface area contributed by atoms with Gasteiger partial charge in [0.25, 0.3) is 0 Å². The molecular formula is C16H23BrN2. The molecule has 1 heterocycles. The predicted octanol–water partition coefficient (Wildman–Crippen LogP) is 3.79. The second-order valence-electron chi connectivity index (χ2n) is 6.23. The van der Waals surface area contributed by atoms with E-state index >= 15 is 0 Å². The van der Waals surface area contributed by atoms with E-state index < -0.39 is 0 Å². The second-order valence-corrected chi connectivity index (χ2v) is 7.02. The largest absolute Gasteiger partial charge is 0.368 e. The van der Waals surface area contributed by atoms with Crippen LogP contribution in [0.3, 0.4) is 0 Å². The minimum atomic E-state index is 0.396. The number of halogens is 1. The van der Waals surface area contributed by atoms with Crippen LogP contribution in [0.1, 0.15) is 36.8 Å². The first kappa shape index (κ1) is 13.4. The molecule has 0 aromatic heterocycles. The highest BCUT2D eigenvalue weighted by atomic mass is 79.9. The summed E-state index contributed by atoms with van der Waals surface area (Å²) in [5.74, 6) is 0. The van der Waals surface area contributed by atoms with Crippen molar-refractivity contribution in [3.63, 3.8) is 0 Å². The number of hydrogen-bond acceptors (Lipinski definition) is 2. The van der Waals surface area contributed by atoms with Gasteiger partial charge in [-0.25, -0.2) is 0 Å². The molecule has 0 unspecified atom stereocenters. The van der Waals surface area contributed by atoms with Gasteiger partial charge in [-0.05, 0) is 49.9 Å². The zero-order valence-corrected chi connectivity index (χ0v) is 13.5. The number of anilines is 1. The van der Waals surface area contributed by atoms with E-state index in [0.717, 1.165) is 13.1 Å². The summed E-state index contributed by atoms with van der Waals surface area (Å²) in [6, 6.07) is 4.65. The van der Waals surface area contributed by atoms with Crippen LogP contribution in [-0.2, 0) is 0 Å². The fourth-order valence-electron chi connectivity index (χ4n) is 3.67. The molecule has 2 fully saturated rings. The molecule has 1 aliphatic carbocycles. The lowest BCUT2D eigenvalue weighted by molar-refractivity contribution is 0.304. The topological polar surface area (TPSA) is 15.3 Å². The summed E-state index contributed by atoms with van der Waals surface area (Å²) in [6.45, 7) is 7.80. The van der Waals surface area contributed by atoms with Gasteiger partial charge in [0.2, 0.25) is 0 Å². The summed E-state index contributed by atoms with van der Waals surface area (Å²) in [4.78, 5) is 2.58. The van der Waals surface area contributed by atoms with Gasteiger partial charge in [0.05, 0.1) is 0 Å². The van der Waals surface area contributed by atoms with Crippen LogP contribution in [0.25, 0.3) is 0 Å². The molecule has 1 saturated heterocycles. The molecule has 2 aliphatic rings. The van der Waals surface area contributed by atoms with Crippen molar-refractivity contribution < 1.29 is 0 Å². The van der Waals surface area contributed by atoms with Crippen molar-refractivity contribution in [1.29, 1.82) is 0 Å². The molecule has 1 aromatic carbocycles. The molecule has 1 spiro atoms. The molecule has 0 radical (unpaired) electrons. The van der Waals surface area contributed by atoms with Crippen molar-refractivity contribution in [2.24, 2.45) is 0 Å². The number of nitrogens with one attached hydrogen (secondary N) is 1. The molecule has 0 bridgehead atoms. The maximum absolute atomic E-state index is 3.78. The van der Waals surface area contributed by atoms with E-state index in [1.54, 1.807) is 0 Å². The van der Waals surface area contributed by atoms with Crippen LogP contribution in [0.15, 0.2) is 16.6 Å². The van der Waals surface area contributed by atoms with Crippen LogP contribution in [0.5, 0.6) is 0 Å². The third kappa shape index (κ3) is 2.55. The zero-order valence-electron chi connectivity index (χ0n) is 11.9. The fourth-order valence-corrected chi connectivity index (χ4v) is 3.90. The van der Waals surface area contributed by atoms with E-state index in [2.05, 4.69) is 52.1 Å². The van der Waals surface area contributed by atoms with Crippen LogP contribution in [-0.4, -0.2) is 25.2 Å². The Bertz CT molecular complexity index is 455. The molecule has 2 nitrogen and oxygen atoms in total. The Labute approximate surface area is 124 Å². The highest BCUT2D eigenvalue weighted by Gasteiger charge is 2.37. The summed E-state index contributed by atoms with van der Waals surface area (Å²) < 4.78 is 1.25. The van der Waals surface area contributed by atoms with Crippen molar-refractivity contribution >= 4 is 21.6 Å². The molecule has 104 valence electrons. The Balaban J connectivity index is 1.85. The molecule has 3 heteroatoms. The highest BCUT2D eigenvalue weighted by Crippen LogP contribution is 2.35. The van der Waals surface area contributed by atoms with E-state index in [1.807, 2.05) is 0 Å². The van der Waals surface area contributed by atoms with E-state index in [4.69, 9.17) is 0 Å². The zero-order chi connectivity index (χ0) is 13.5. The lowest BCUT2D eigenvalue weighted by Gasteiger charge is -2.43. The first-order valence-corrected chi connectivity index (χ1v) is 8.16. The van der Waals surface area contributed by atoms with Gasteiger partial charge in [-0.3, -0.25) is 0 Å². The second kappa shape index (κ2) is 5.10. The van der Waals surface area contributed by atoms with Crippen molar-refractivity contribution in [2.45, 2.75) is 45.1 Å². The summed E-state index contributed by atoms with van der Waals surface area (Å²) in [6.07, 6.45) is 5.47. The van der Waals surface area contributed by atoms with Crippen LogP contribution in [0.4, 0.5) is 5.69 Å². The van der Waals surface area contributed by atoms with Crippen LogP contribution >= 0.6 is 15.9 Å². The Morgan fingerprint density at radius 2 is 1.79 bits per heavy atom. The lowest BCUT2D eigenvalue weighted by atomic mass is 9.94. The monoisotopic (exact) mass is 322 g/mol. The minimum absolute atomic E-state index is 0.396. The average Bonchev–Trinajstić information content (AvgIpc) is 2.83. The van der Waals surface area contributed by atoms with Crippen LogP contribution in [0, 0.1) is 13.8 Å². The average molecular weight is 323 g/mol. The summed E-state index contributed by atoms with van der Waals surface area (Å²) in [7, 11) is 0. The number of aryl methyl sites for hydroxylation is 2. The van der Waals surface area contributed by atoms with Crippen LogP contribution < -0.4 is 10.2 Å². The van der Waals surface area contributed by atoms with Gasteiger partial charge in [0.15, 0.2) is 0 Å². The van der Waals surface area contributed by atoms with Gasteiger partial charge < -0.3 is 10.2 Å². The Morgan fingerprint density at radius 3 is 2.42 bits per heavy atom. The number of benzene rings is 1. The molecule has 0 atom stereocenters. The molecule has 1 saturated carbocycles. The van der Waals surface area contributed by atoms with Gasteiger partial charge in [0, 0.05) is 35.3 Å².